The molecule has 10 heteroatoms. The Labute approximate surface area is 198 Å². The minimum absolute atomic E-state index is 0.0879. The summed E-state index contributed by atoms with van der Waals surface area (Å²) in [6.45, 7) is 1.90. The number of nitrogens with zero attached hydrogens (tertiary/aromatic N) is 4. The summed E-state index contributed by atoms with van der Waals surface area (Å²) in [5, 5.41) is 3.56. The largest absolute Gasteiger partial charge is 0.343 e. The van der Waals surface area contributed by atoms with Crippen molar-refractivity contribution in [2.75, 3.05) is 14.1 Å². The molecule has 178 valence electrons. The first kappa shape index (κ1) is 23.6. The molecule has 4 rings (SSSR count). The number of sulfonamides is 1. The van der Waals surface area contributed by atoms with Crippen LogP contribution in [0.3, 0.4) is 0 Å². The Bertz CT molecular complexity index is 1390. The summed E-state index contributed by atoms with van der Waals surface area (Å²) in [6, 6.07) is 9.09. The van der Waals surface area contributed by atoms with Crippen molar-refractivity contribution in [3.8, 4) is 11.1 Å². The molecule has 1 N–H and O–H groups in total. The van der Waals surface area contributed by atoms with E-state index in [0.717, 1.165) is 47.2 Å². The summed E-state index contributed by atoms with van der Waals surface area (Å²) in [5.41, 5.74) is 5.92. The summed E-state index contributed by atoms with van der Waals surface area (Å²) < 4.78 is 29.1. The van der Waals surface area contributed by atoms with Crippen molar-refractivity contribution in [1.82, 2.24) is 24.4 Å². The van der Waals surface area contributed by atoms with Crippen molar-refractivity contribution in [1.29, 1.82) is 0 Å². The number of pyridine rings is 1. The van der Waals surface area contributed by atoms with Crippen LogP contribution in [0.1, 0.15) is 39.3 Å². The Morgan fingerprint density at radius 2 is 1.91 bits per heavy atom. The predicted octanol–water partition coefficient (Wildman–Crippen LogP) is 2.03. The van der Waals surface area contributed by atoms with Crippen LogP contribution in [0.4, 0.5) is 0 Å². The molecular formula is C24H27N5O4S. The van der Waals surface area contributed by atoms with E-state index in [1.54, 1.807) is 20.3 Å². The molecule has 0 aliphatic heterocycles. The van der Waals surface area contributed by atoms with Gasteiger partial charge in [0, 0.05) is 39.1 Å². The summed E-state index contributed by atoms with van der Waals surface area (Å²) in [6.07, 6.45) is 4.42. The lowest BCUT2D eigenvalue weighted by atomic mass is 9.91. The molecule has 0 saturated carbocycles. The minimum atomic E-state index is -4.25. The van der Waals surface area contributed by atoms with Crippen molar-refractivity contribution < 1.29 is 18.0 Å². The standard InChI is InChI=1S/C24H27N5O4S/c1-15-12-17(10-11-25-15)19-9-8-16-6-5-7-18(16)20(19)13-22(30)27-34(32,33)23-14-21(29(4)26-23)24(31)28(2)3/h8-12,14H,5-7,13H2,1-4H3,(H,27,30). The van der Waals surface area contributed by atoms with E-state index in [2.05, 4.69) is 20.9 Å². The lowest BCUT2D eigenvalue weighted by Gasteiger charge is -2.15. The van der Waals surface area contributed by atoms with Crippen LogP contribution in [0.2, 0.25) is 0 Å². The molecule has 1 aliphatic rings. The number of amides is 2. The van der Waals surface area contributed by atoms with Crippen LogP contribution in [-0.2, 0) is 41.1 Å². The van der Waals surface area contributed by atoms with Gasteiger partial charge in [0.25, 0.3) is 15.9 Å². The number of hydrogen-bond donors (Lipinski definition) is 1. The van der Waals surface area contributed by atoms with Gasteiger partial charge in [-0.15, -0.1) is 0 Å². The van der Waals surface area contributed by atoms with Crippen LogP contribution in [0.15, 0.2) is 41.6 Å². The number of benzene rings is 1. The van der Waals surface area contributed by atoms with Crippen molar-refractivity contribution in [2.24, 2.45) is 7.05 Å². The molecule has 1 aromatic carbocycles. The molecule has 0 spiro atoms. The van der Waals surface area contributed by atoms with Gasteiger partial charge in [0.2, 0.25) is 5.91 Å². The Morgan fingerprint density at radius 1 is 1.15 bits per heavy atom. The third-order valence-corrected chi connectivity index (χ3v) is 7.20. The molecule has 34 heavy (non-hydrogen) atoms. The number of carbonyl (C=O) groups is 2. The molecule has 0 bridgehead atoms. The minimum Gasteiger partial charge on any atom is -0.343 e. The second kappa shape index (κ2) is 9.02. The number of carbonyl (C=O) groups excluding carboxylic acids is 2. The number of aromatic nitrogens is 3. The second-order valence-electron chi connectivity index (χ2n) is 8.67. The average Bonchev–Trinajstić information content (AvgIpc) is 3.40. The predicted molar refractivity (Wildman–Crippen MR) is 127 cm³/mol. The van der Waals surface area contributed by atoms with Crippen LogP contribution in [0.5, 0.6) is 0 Å². The van der Waals surface area contributed by atoms with Gasteiger partial charge >= 0.3 is 0 Å². The topological polar surface area (TPSA) is 114 Å². The van der Waals surface area contributed by atoms with Gasteiger partial charge in [-0.25, -0.2) is 4.72 Å². The Kier molecular flexibility index (Phi) is 6.26. The van der Waals surface area contributed by atoms with Crippen molar-refractivity contribution in [2.45, 2.75) is 37.6 Å². The molecule has 3 aromatic rings. The molecule has 0 unspecified atom stereocenters. The van der Waals surface area contributed by atoms with Crippen LogP contribution in [0, 0.1) is 6.92 Å². The number of aryl methyl sites for hydroxylation is 3. The average molecular weight is 482 g/mol. The van der Waals surface area contributed by atoms with Crippen LogP contribution < -0.4 is 4.72 Å². The van der Waals surface area contributed by atoms with E-state index in [0.29, 0.717) is 0 Å². The molecular weight excluding hydrogens is 454 g/mol. The highest BCUT2D eigenvalue weighted by Crippen LogP contribution is 2.34. The Morgan fingerprint density at radius 3 is 2.62 bits per heavy atom. The van der Waals surface area contributed by atoms with E-state index >= 15 is 0 Å². The molecule has 2 heterocycles. The van der Waals surface area contributed by atoms with Crippen LogP contribution in [-0.4, -0.2) is 54.0 Å². The third-order valence-electron chi connectivity index (χ3n) is 5.95. The van der Waals surface area contributed by atoms with Gasteiger partial charge in [-0.05, 0) is 66.1 Å². The lowest BCUT2D eigenvalue weighted by Crippen LogP contribution is -2.32. The zero-order chi connectivity index (χ0) is 24.6. The van der Waals surface area contributed by atoms with E-state index in [4.69, 9.17) is 0 Å². The molecule has 9 nitrogen and oxygen atoms in total. The van der Waals surface area contributed by atoms with Gasteiger partial charge in [-0.1, -0.05) is 12.1 Å². The normalized spacial score (nSPS) is 12.9. The molecule has 0 saturated heterocycles. The Hall–Kier alpha value is -3.53. The first-order valence-electron chi connectivity index (χ1n) is 10.9. The van der Waals surface area contributed by atoms with Gasteiger partial charge in [-0.3, -0.25) is 19.3 Å². The highest BCUT2D eigenvalue weighted by Gasteiger charge is 2.27. The molecule has 2 aromatic heterocycles. The first-order valence-corrected chi connectivity index (χ1v) is 12.4. The fraction of sp³-hybridized carbons (Fsp3) is 0.333. The number of rotatable bonds is 6. The summed E-state index contributed by atoms with van der Waals surface area (Å²) in [7, 11) is 0.351. The maximum atomic E-state index is 13.0. The molecule has 0 fully saturated rings. The van der Waals surface area contributed by atoms with Gasteiger partial charge in [0.1, 0.15) is 5.69 Å². The molecule has 2 amide bonds. The molecule has 0 radical (unpaired) electrons. The van der Waals surface area contributed by atoms with Gasteiger partial charge < -0.3 is 4.90 Å². The fourth-order valence-electron chi connectivity index (χ4n) is 4.33. The monoisotopic (exact) mass is 481 g/mol. The summed E-state index contributed by atoms with van der Waals surface area (Å²) in [5.74, 6) is -1.04. The van der Waals surface area contributed by atoms with Crippen molar-refractivity contribution in [3.63, 3.8) is 0 Å². The highest BCUT2D eigenvalue weighted by molar-refractivity contribution is 7.90. The van der Waals surface area contributed by atoms with Gasteiger partial charge in [0.15, 0.2) is 5.03 Å². The smallest absolute Gasteiger partial charge is 0.283 e. The van der Waals surface area contributed by atoms with Crippen LogP contribution in [0.25, 0.3) is 11.1 Å². The highest BCUT2D eigenvalue weighted by atomic mass is 32.2. The van der Waals surface area contributed by atoms with E-state index < -0.39 is 15.9 Å². The van der Waals surface area contributed by atoms with E-state index in [9.17, 15) is 18.0 Å². The van der Waals surface area contributed by atoms with Gasteiger partial charge in [-0.2, -0.15) is 13.5 Å². The maximum absolute atomic E-state index is 13.0. The SMILES string of the molecule is Cc1cc(-c2ccc3c(c2CC(=O)NS(=O)(=O)c2cc(C(=O)N(C)C)n(C)n2)CCC3)ccn1. The first-order chi connectivity index (χ1) is 16.1. The second-order valence-corrected chi connectivity index (χ2v) is 10.3. The zero-order valence-electron chi connectivity index (χ0n) is 19.6. The maximum Gasteiger partial charge on any atom is 0.283 e. The number of fused-ring (bicyclic) bond motifs is 1. The fourth-order valence-corrected chi connectivity index (χ4v) is 5.30. The molecule has 1 aliphatic carbocycles. The summed E-state index contributed by atoms with van der Waals surface area (Å²) >= 11 is 0. The van der Waals surface area contributed by atoms with Crippen LogP contribution >= 0.6 is 0 Å². The van der Waals surface area contributed by atoms with Crippen molar-refractivity contribution in [3.05, 3.63) is 64.6 Å². The summed E-state index contributed by atoms with van der Waals surface area (Å²) in [4.78, 5) is 30.8. The van der Waals surface area contributed by atoms with Crippen molar-refractivity contribution >= 4 is 21.8 Å². The quantitative estimate of drug-likeness (QED) is 0.576. The van der Waals surface area contributed by atoms with E-state index in [1.165, 1.54) is 28.3 Å². The number of nitrogens with one attached hydrogen (secondary N) is 1. The van der Waals surface area contributed by atoms with Gasteiger partial charge in [0.05, 0.1) is 6.42 Å². The van der Waals surface area contributed by atoms with E-state index in [1.807, 2.05) is 25.1 Å². The third kappa shape index (κ3) is 4.58. The Balaban J connectivity index is 1.63. The lowest BCUT2D eigenvalue weighted by molar-refractivity contribution is -0.118. The zero-order valence-corrected chi connectivity index (χ0v) is 20.4. The van der Waals surface area contributed by atoms with E-state index in [-0.39, 0.29) is 23.0 Å². The molecule has 0 atom stereocenters. The number of hydrogen-bond acceptors (Lipinski definition) is 6.